The predicted octanol–water partition coefficient (Wildman–Crippen LogP) is 1.82. The Hall–Kier alpha value is -1.72. The third-order valence-corrected chi connectivity index (χ3v) is 4.58. The molecule has 1 aromatic heterocycles. The van der Waals surface area contributed by atoms with E-state index in [-0.39, 0.29) is 12.3 Å². The summed E-state index contributed by atoms with van der Waals surface area (Å²) in [6.45, 7) is 2.16. The second kappa shape index (κ2) is 5.50. The Bertz CT molecular complexity index is 664. The fourth-order valence-corrected chi connectivity index (χ4v) is 3.21. The Kier molecular flexibility index (Phi) is 3.97. The van der Waals surface area contributed by atoms with Crippen molar-refractivity contribution in [3.05, 3.63) is 59.4 Å². The Balaban J connectivity index is 2.34. The van der Waals surface area contributed by atoms with Crippen LogP contribution in [0.4, 0.5) is 0 Å². The molecule has 0 saturated heterocycles. The zero-order valence-corrected chi connectivity index (χ0v) is 11.5. The van der Waals surface area contributed by atoms with Crippen LogP contribution in [0.1, 0.15) is 16.8 Å². The van der Waals surface area contributed by atoms with Crippen LogP contribution in [-0.2, 0) is 22.1 Å². The summed E-state index contributed by atoms with van der Waals surface area (Å²) in [4.78, 5) is 4.42. The van der Waals surface area contributed by atoms with E-state index in [1.165, 1.54) is 0 Å². The SMILES string of the molecule is Cc1ccc(S(=O)(=O)Cc2cccnc2CN)cc1. The van der Waals surface area contributed by atoms with Crippen molar-refractivity contribution in [2.45, 2.75) is 24.1 Å². The highest BCUT2D eigenvalue weighted by Gasteiger charge is 2.17. The van der Waals surface area contributed by atoms with Gasteiger partial charge in [0.25, 0.3) is 0 Å². The molecule has 0 saturated carbocycles. The first-order valence-corrected chi connectivity index (χ1v) is 7.60. The average Bonchev–Trinajstić information content (AvgIpc) is 2.39. The molecule has 0 aliphatic heterocycles. The third kappa shape index (κ3) is 3.19. The van der Waals surface area contributed by atoms with Crippen molar-refractivity contribution in [3.63, 3.8) is 0 Å². The fraction of sp³-hybridized carbons (Fsp3) is 0.214. The summed E-state index contributed by atoms with van der Waals surface area (Å²) in [5.74, 6) is -0.0730. The molecule has 2 rings (SSSR count). The topological polar surface area (TPSA) is 73.0 Å². The molecule has 0 fully saturated rings. The van der Waals surface area contributed by atoms with E-state index in [0.29, 0.717) is 16.2 Å². The molecule has 0 bridgehead atoms. The summed E-state index contributed by atoms with van der Waals surface area (Å²) in [7, 11) is -3.36. The van der Waals surface area contributed by atoms with Crippen molar-refractivity contribution >= 4 is 9.84 Å². The maximum Gasteiger partial charge on any atom is 0.182 e. The standard InChI is InChI=1S/C14H16N2O2S/c1-11-4-6-13(7-5-11)19(17,18)10-12-3-2-8-16-14(12)9-15/h2-8H,9-10,15H2,1H3. The summed E-state index contributed by atoms with van der Waals surface area (Å²) < 4.78 is 24.6. The van der Waals surface area contributed by atoms with Crippen LogP contribution in [0.5, 0.6) is 0 Å². The number of nitrogens with zero attached hydrogens (tertiary/aromatic N) is 1. The van der Waals surface area contributed by atoms with Gasteiger partial charge in [-0.2, -0.15) is 0 Å². The highest BCUT2D eigenvalue weighted by atomic mass is 32.2. The molecule has 1 aromatic carbocycles. The first-order valence-electron chi connectivity index (χ1n) is 5.95. The minimum Gasteiger partial charge on any atom is -0.325 e. The molecule has 2 N–H and O–H groups in total. The molecule has 0 spiro atoms. The number of nitrogens with two attached hydrogens (primary N) is 1. The third-order valence-electron chi connectivity index (χ3n) is 2.90. The van der Waals surface area contributed by atoms with Gasteiger partial charge in [0.2, 0.25) is 0 Å². The second-order valence-electron chi connectivity index (χ2n) is 4.39. The molecule has 5 heteroatoms. The van der Waals surface area contributed by atoms with E-state index in [1.54, 1.807) is 42.6 Å². The largest absolute Gasteiger partial charge is 0.325 e. The lowest BCUT2D eigenvalue weighted by Gasteiger charge is -2.08. The molecule has 0 amide bonds. The summed E-state index contributed by atoms with van der Waals surface area (Å²) in [5, 5.41) is 0. The van der Waals surface area contributed by atoms with Gasteiger partial charge in [0.1, 0.15) is 0 Å². The molecular formula is C14H16N2O2S. The highest BCUT2D eigenvalue weighted by Crippen LogP contribution is 2.18. The van der Waals surface area contributed by atoms with Crippen LogP contribution in [0, 0.1) is 6.92 Å². The Morgan fingerprint density at radius 3 is 2.47 bits per heavy atom. The lowest BCUT2D eigenvalue weighted by Crippen LogP contribution is -2.10. The second-order valence-corrected chi connectivity index (χ2v) is 6.38. The quantitative estimate of drug-likeness (QED) is 0.924. The minimum absolute atomic E-state index is 0.0730. The first kappa shape index (κ1) is 13.7. The first-order chi connectivity index (χ1) is 9.03. The van der Waals surface area contributed by atoms with Crippen LogP contribution in [-0.4, -0.2) is 13.4 Å². The van der Waals surface area contributed by atoms with Gasteiger partial charge in [0.15, 0.2) is 9.84 Å². The van der Waals surface area contributed by atoms with Crippen LogP contribution in [0.3, 0.4) is 0 Å². The van der Waals surface area contributed by atoms with Crippen LogP contribution in [0.25, 0.3) is 0 Å². The van der Waals surface area contributed by atoms with Gasteiger partial charge in [-0.15, -0.1) is 0 Å². The van der Waals surface area contributed by atoms with E-state index < -0.39 is 9.84 Å². The van der Waals surface area contributed by atoms with Crippen molar-refractivity contribution in [2.24, 2.45) is 5.73 Å². The molecule has 0 atom stereocenters. The molecule has 0 aliphatic carbocycles. The molecule has 100 valence electrons. The van der Waals surface area contributed by atoms with Gasteiger partial charge < -0.3 is 5.73 Å². The van der Waals surface area contributed by atoms with Gasteiger partial charge in [-0.1, -0.05) is 23.8 Å². The smallest absolute Gasteiger partial charge is 0.182 e. The van der Waals surface area contributed by atoms with Crippen molar-refractivity contribution in [1.29, 1.82) is 0 Å². The van der Waals surface area contributed by atoms with E-state index in [1.807, 2.05) is 6.92 Å². The van der Waals surface area contributed by atoms with Crippen LogP contribution < -0.4 is 5.73 Å². The van der Waals surface area contributed by atoms with Crippen LogP contribution in [0.2, 0.25) is 0 Å². The number of sulfone groups is 1. The van der Waals surface area contributed by atoms with E-state index in [9.17, 15) is 8.42 Å². The maximum atomic E-state index is 12.3. The molecule has 2 aromatic rings. The summed E-state index contributed by atoms with van der Waals surface area (Å²) in [6, 6.07) is 10.3. The monoisotopic (exact) mass is 276 g/mol. The lowest BCUT2D eigenvalue weighted by atomic mass is 10.2. The van der Waals surface area contributed by atoms with E-state index in [0.717, 1.165) is 5.56 Å². The lowest BCUT2D eigenvalue weighted by molar-refractivity contribution is 0.595. The van der Waals surface area contributed by atoms with Gasteiger partial charge in [0.05, 0.1) is 16.3 Å². The number of aromatic nitrogens is 1. The van der Waals surface area contributed by atoms with Gasteiger partial charge >= 0.3 is 0 Å². The summed E-state index contributed by atoms with van der Waals surface area (Å²) >= 11 is 0. The normalized spacial score (nSPS) is 11.5. The van der Waals surface area contributed by atoms with Gasteiger partial charge in [0, 0.05) is 12.7 Å². The number of pyridine rings is 1. The Labute approximate surface area is 113 Å². The average molecular weight is 276 g/mol. The van der Waals surface area contributed by atoms with Crippen LogP contribution >= 0.6 is 0 Å². The van der Waals surface area contributed by atoms with Gasteiger partial charge in [-0.3, -0.25) is 4.98 Å². The van der Waals surface area contributed by atoms with E-state index in [2.05, 4.69) is 4.98 Å². The van der Waals surface area contributed by atoms with Gasteiger partial charge in [-0.05, 0) is 30.7 Å². The van der Waals surface area contributed by atoms with Crippen molar-refractivity contribution < 1.29 is 8.42 Å². The number of hydrogen-bond acceptors (Lipinski definition) is 4. The van der Waals surface area contributed by atoms with Crippen LogP contribution in [0.15, 0.2) is 47.5 Å². The fourth-order valence-electron chi connectivity index (χ4n) is 1.82. The molecule has 19 heavy (non-hydrogen) atoms. The number of benzene rings is 1. The highest BCUT2D eigenvalue weighted by molar-refractivity contribution is 7.90. The van der Waals surface area contributed by atoms with Gasteiger partial charge in [-0.25, -0.2) is 8.42 Å². The van der Waals surface area contributed by atoms with Crippen molar-refractivity contribution in [3.8, 4) is 0 Å². The summed E-state index contributed by atoms with van der Waals surface area (Å²) in [5.41, 5.74) is 7.88. The molecule has 0 aliphatic rings. The zero-order valence-electron chi connectivity index (χ0n) is 10.7. The van der Waals surface area contributed by atoms with Crippen molar-refractivity contribution in [2.75, 3.05) is 0 Å². The molecule has 4 nitrogen and oxygen atoms in total. The Morgan fingerprint density at radius 2 is 1.84 bits per heavy atom. The van der Waals surface area contributed by atoms with E-state index in [4.69, 9.17) is 5.73 Å². The summed E-state index contributed by atoms with van der Waals surface area (Å²) in [6.07, 6.45) is 1.62. The number of aryl methyl sites for hydroxylation is 1. The molecule has 0 radical (unpaired) electrons. The maximum absolute atomic E-state index is 12.3. The zero-order chi connectivity index (χ0) is 13.9. The molecule has 1 heterocycles. The predicted molar refractivity (Wildman–Crippen MR) is 74.2 cm³/mol. The number of rotatable bonds is 4. The molecule has 0 unspecified atom stereocenters. The number of hydrogen-bond donors (Lipinski definition) is 1. The molecular weight excluding hydrogens is 260 g/mol. The van der Waals surface area contributed by atoms with Crippen molar-refractivity contribution in [1.82, 2.24) is 4.98 Å². The Morgan fingerprint density at radius 1 is 1.16 bits per heavy atom. The minimum atomic E-state index is -3.36. The van der Waals surface area contributed by atoms with E-state index >= 15 is 0 Å².